The van der Waals surface area contributed by atoms with E-state index in [1.165, 1.54) is 5.39 Å². The summed E-state index contributed by atoms with van der Waals surface area (Å²) in [6.07, 6.45) is 2.82. The third-order valence-corrected chi connectivity index (χ3v) is 3.66. The number of hydrazone groups is 1. The van der Waals surface area contributed by atoms with Crippen LogP contribution in [0.25, 0.3) is 10.8 Å². The van der Waals surface area contributed by atoms with Crippen molar-refractivity contribution in [1.82, 2.24) is 5.43 Å². The van der Waals surface area contributed by atoms with E-state index in [4.69, 9.17) is 0 Å². The van der Waals surface area contributed by atoms with Gasteiger partial charge in [-0.05, 0) is 34.4 Å². The number of benzene rings is 3. The second-order valence-electron chi connectivity index (χ2n) is 5.39. The van der Waals surface area contributed by atoms with Gasteiger partial charge in [-0.3, -0.25) is 4.79 Å². The largest absolute Gasteiger partial charge is 0.273 e. The van der Waals surface area contributed by atoms with Crippen molar-refractivity contribution in [2.45, 2.75) is 12.8 Å². The third kappa shape index (κ3) is 4.27. The Bertz CT molecular complexity index is 825. The zero-order valence-electron chi connectivity index (χ0n) is 12.8. The Hall–Kier alpha value is -2.94. The highest BCUT2D eigenvalue weighted by molar-refractivity contribution is 5.90. The Morgan fingerprint density at radius 3 is 2.48 bits per heavy atom. The molecule has 3 aromatic carbocycles. The van der Waals surface area contributed by atoms with Gasteiger partial charge in [-0.2, -0.15) is 5.10 Å². The highest BCUT2D eigenvalue weighted by Crippen LogP contribution is 2.14. The van der Waals surface area contributed by atoms with E-state index < -0.39 is 0 Å². The molecule has 0 bridgehead atoms. The van der Waals surface area contributed by atoms with Gasteiger partial charge in [0.2, 0.25) is 5.91 Å². The number of nitrogens with one attached hydrogen (secondary N) is 1. The molecule has 0 saturated heterocycles. The van der Waals surface area contributed by atoms with E-state index in [0.717, 1.165) is 22.9 Å². The van der Waals surface area contributed by atoms with Crippen LogP contribution in [0.3, 0.4) is 0 Å². The Labute approximate surface area is 135 Å². The summed E-state index contributed by atoms with van der Waals surface area (Å²) in [6.45, 7) is 0. The Kier molecular flexibility index (Phi) is 4.79. The van der Waals surface area contributed by atoms with Crippen LogP contribution in [0, 0.1) is 0 Å². The first-order chi connectivity index (χ1) is 11.3. The van der Waals surface area contributed by atoms with Crippen LogP contribution in [-0.2, 0) is 11.2 Å². The number of rotatable bonds is 5. The van der Waals surface area contributed by atoms with Gasteiger partial charge >= 0.3 is 0 Å². The molecule has 3 heteroatoms. The standard InChI is InChI=1S/C20H18N2O/c23-20(13-11-16-6-2-1-3-7-16)22-21-15-17-10-12-18-8-4-5-9-19(18)14-17/h1-10,12,14-15H,11,13H2,(H,22,23). The van der Waals surface area contributed by atoms with E-state index in [1.807, 2.05) is 54.6 Å². The fraction of sp³-hybridized carbons (Fsp3) is 0.100. The zero-order valence-corrected chi connectivity index (χ0v) is 12.8. The molecule has 3 rings (SSSR count). The van der Waals surface area contributed by atoms with Crippen LogP contribution in [-0.4, -0.2) is 12.1 Å². The number of carbonyl (C=O) groups is 1. The molecule has 0 atom stereocenters. The van der Waals surface area contributed by atoms with E-state index in [9.17, 15) is 4.79 Å². The van der Waals surface area contributed by atoms with Crippen molar-refractivity contribution in [1.29, 1.82) is 0 Å². The quantitative estimate of drug-likeness (QED) is 0.563. The Balaban J connectivity index is 1.54. The normalized spacial score (nSPS) is 11.0. The maximum absolute atomic E-state index is 11.8. The van der Waals surface area contributed by atoms with E-state index in [-0.39, 0.29) is 5.91 Å². The molecule has 0 aliphatic carbocycles. The SMILES string of the molecule is O=C(CCc1ccccc1)NN=Cc1ccc2ccccc2c1. The molecule has 0 unspecified atom stereocenters. The summed E-state index contributed by atoms with van der Waals surface area (Å²) < 4.78 is 0. The number of hydrogen-bond donors (Lipinski definition) is 1. The molecule has 0 aromatic heterocycles. The van der Waals surface area contributed by atoms with Gasteiger partial charge < -0.3 is 0 Å². The first-order valence-corrected chi connectivity index (χ1v) is 7.66. The average molecular weight is 302 g/mol. The lowest BCUT2D eigenvalue weighted by atomic mass is 10.1. The van der Waals surface area contributed by atoms with Crippen LogP contribution in [0.2, 0.25) is 0 Å². The summed E-state index contributed by atoms with van der Waals surface area (Å²) in [6, 6.07) is 24.2. The summed E-state index contributed by atoms with van der Waals surface area (Å²) in [5.74, 6) is -0.0779. The van der Waals surface area contributed by atoms with Gasteiger partial charge in [-0.15, -0.1) is 0 Å². The topological polar surface area (TPSA) is 41.5 Å². The predicted octanol–water partition coefficient (Wildman–Crippen LogP) is 3.92. The number of fused-ring (bicyclic) bond motifs is 1. The monoisotopic (exact) mass is 302 g/mol. The Morgan fingerprint density at radius 2 is 1.65 bits per heavy atom. The van der Waals surface area contributed by atoms with Crippen LogP contribution in [0.4, 0.5) is 0 Å². The van der Waals surface area contributed by atoms with E-state index >= 15 is 0 Å². The molecule has 0 spiro atoms. The summed E-state index contributed by atoms with van der Waals surface area (Å²) in [4.78, 5) is 11.8. The molecular weight excluding hydrogens is 284 g/mol. The summed E-state index contributed by atoms with van der Waals surface area (Å²) in [7, 11) is 0. The zero-order chi connectivity index (χ0) is 15.9. The molecule has 0 heterocycles. The van der Waals surface area contributed by atoms with Crippen molar-refractivity contribution in [3.05, 3.63) is 83.9 Å². The van der Waals surface area contributed by atoms with Crippen LogP contribution in [0.15, 0.2) is 77.9 Å². The summed E-state index contributed by atoms with van der Waals surface area (Å²) in [5.41, 5.74) is 4.70. The molecule has 0 fully saturated rings. The minimum Gasteiger partial charge on any atom is -0.273 e. The third-order valence-electron chi connectivity index (χ3n) is 3.66. The number of hydrogen-bond acceptors (Lipinski definition) is 2. The van der Waals surface area contributed by atoms with Crippen molar-refractivity contribution in [3.8, 4) is 0 Å². The average Bonchev–Trinajstić information content (AvgIpc) is 2.61. The van der Waals surface area contributed by atoms with E-state index in [0.29, 0.717) is 6.42 Å². The molecule has 0 radical (unpaired) electrons. The first-order valence-electron chi connectivity index (χ1n) is 7.66. The highest BCUT2D eigenvalue weighted by Gasteiger charge is 2.00. The van der Waals surface area contributed by atoms with Crippen LogP contribution >= 0.6 is 0 Å². The molecule has 0 aliphatic heterocycles. The van der Waals surface area contributed by atoms with Crippen LogP contribution < -0.4 is 5.43 Å². The molecule has 3 aromatic rings. The van der Waals surface area contributed by atoms with Crippen molar-refractivity contribution in [3.63, 3.8) is 0 Å². The van der Waals surface area contributed by atoms with E-state index in [1.54, 1.807) is 6.21 Å². The molecule has 3 nitrogen and oxygen atoms in total. The van der Waals surface area contributed by atoms with Gasteiger partial charge in [-0.1, -0.05) is 66.7 Å². The van der Waals surface area contributed by atoms with Crippen molar-refractivity contribution < 1.29 is 4.79 Å². The molecule has 114 valence electrons. The first kappa shape index (κ1) is 15.0. The summed E-state index contributed by atoms with van der Waals surface area (Å²) >= 11 is 0. The maximum atomic E-state index is 11.8. The number of amides is 1. The summed E-state index contributed by atoms with van der Waals surface area (Å²) in [5, 5.41) is 6.39. The molecule has 1 amide bonds. The van der Waals surface area contributed by atoms with Crippen molar-refractivity contribution >= 4 is 22.9 Å². The van der Waals surface area contributed by atoms with Crippen molar-refractivity contribution in [2.24, 2.45) is 5.10 Å². The molecule has 23 heavy (non-hydrogen) atoms. The lowest BCUT2D eigenvalue weighted by Gasteiger charge is -2.01. The minimum absolute atomic E-state index is 0.0779. The fourth-order valence-electron chi connectivity index (χ4n) is 2.43. The number of aryl methyl sites for hydroxylation is 1. The van der Waals surface area contributed by atoms with Crippen LogP contribution in [0.1, 0.15) is 17.5 Å². The fourth-order valence-corrected chi connectivity index (χ4v) is 2.43. The van der Waals surface area contributed by atoms with Gasteiger partial charge in [-0.25, -0.2) is 5.43 Å². The smallest absolute Gasteiger partial charge is 0.240 e. The number of nitrogens with zero attached hydrogens (tertiary/aromatic N) is 1. The second-order valence-corrected chi connectivity index (χ2v) is 5.39. The molecule has 1 N–H and O–H groups in total. The predicted molar refractivity (Wildman–Crippen MR) is 94.4 cm³/mol. The van der Waals surface area contributed by atoms with E-state index in [2.05, 4.69) is 28.7 Å². The second kappa shape index (κ2) is 7.36. The molecular formula is C20H18N2O. The lowest BCUT2D eigenvalue weighted by Crippen LogP contribution is -2.17. The maximum Gasteiger partial charge on any atom is 0.240 e. The van der Waals surface area contributed by atoms with Gasteiger partial charge in [0, 0.05) is 6.42 Å². The van der Waals surface area contributed by atoms with Gasteiger partial charge in [0.15, 0.2) is 0 Å². The van der Waals surface area contributed by atoms with Gasteiger partial charge in [0.1, 0.15) is 0 Å². The molecule has 0 saturated carbocycles. The lowest BCUT2D eigenvalue weighted by molar-refractivity contribution is -0.121. The Morgan fingerprint density at radius 1 is 0.913 bits per heavy atom. The number of carbonyl (C=O) groups excluding carboxylic acids is 1. The molecule has 0 aliphatic rings. The van der Waals surface area contributed by atoms with Crippen molar-refractivity contribution in [2.75, 3.05) is 0 Å². The van der Waals surface area contributed by atoms with Gasteiger partial charge in [0.25, 0.3) is 0 Å². The van der Waals surface area contributed by atoms with Gasteiger partial charge in [0.05, 0.1) is 6.21 Å². The minimum atomic E-state index is -0.0779. The highest BCUT2D eigenvalue weighted by atomic mass is 16.2. The van der Waals surface area contributed by atoms with Crippen LogP contribution in [0.5, 0.6) is 0 Å².